The molecule has 1 aromatic carbocycles. The molecule has 2 aromatic rings. The first-order chi connectivity index (χ1) is 13.1. The van der Waals surface area contributed by atoms with Gasteiger partial charge in [0, 0.05) is 12.4 Å². The zero-order chi connectivity index (χ0) is 20.3. The average Bonchev–Trinajstić information content (AvgIpc) is 3.46. The Kier molecular flexibility index (Phi) is 4.18. The van der Waals surface area contributed by atoms with E-state index in [2.05, 4.69) is 56.7 Å². The lowest BCUT2D eigenvalue weighted by molar-refractivity contribution is 0.0599. The molecule has 0 amide bonds. The summed E-state index contributed by atoms with van der Waals surface area (Å²) in [6.45, 7) is 11.7. The molecule has 0 aliphatic heterocycles. The molecule has 1 aromatic heterocycles. The number of ether oxygens (including phenoxy) is 1. The van der Waals surface area contributed by atoms with Crippen LogP contribution < -0.4 is 0 Å². The second-order valence-corrected chi connectivity index (χ2v) is 9.85. The summed E-state index contributed by atoms with van der Waals surface area (Å²) in [5, 5.41) is 0. The molecule has 0 spiro atoms. The van der Waals surface area contributed by atoms with Gasteiger partial charge in [0.2, 0.25) is 0 Å². The molecule has 1 saturated carbocycles. The number of rotatable bonds is 3. The summed E-state index contributed by atoms with van der Waals surface area (Å²) < 4.78 is 4.77. The van der Waals surface area contributed by atoms with Crippen LogP contribution >= 0.6 is 0 Å². The molecule has 4 rings (SSSR count). The lowest BCUT2D eigenvalue weighted by Crippen LogP contribution is -2.34. The van der Waals surface area contributed by atoms with Crippen LogP contribution in [0.3, 0.4) is 0 Å². The summed E-state index contributed by atoms with van der Waals surface area (Å²) in [7, 11) is 1.37. The molecule has 0 bridgehead atoms. The summed E-state index contributed by atoms with van der Waals surface area (Å²) in [5.74, 6) is 0.418. The molecular weight excluding hydrogens is 348 g/mol. The molecule has 2 aliphatic rings. The van der Waals surface area contributed by atoms with Gasteiger partial charge < -0.3 is 4.74 Å². The fourth-order valence-corrected chi connectivity index (χ4v) is 4.77. The molecule has 1 heterocycles. The van der Waals surface area contributed by atoms with E-state index in [1.54, 1.807) is 12.4 Å². The van der Waals surface area contributed by atoms with E-state index in [0.717, 1.165) is 18.7 Å². The van der Waals surface area contributed by atoms with Gasteiger partial charge in [0.1, 0.15) is 5.82 Å². The van der Waals surface area contributed by atoms with Crippen molar-refractivity contribution < 1.29 is 9.53 Å². The van der Waals surface area contributed by atoms with Crippen molar-refractivity contribution in [2.24, 2.45) is 0 Å². The van der Waals surface area contributed by atoms with Crippen molar-refractivity contribution in [2.75, 3.05) is 7.11 Å². The average molecular weight is 379 g/mol. The molecule has 0 radical (unpaired) electrons. The van der Waals surface area contributed by atoms with Crippen LogP contribution in [0.2, 0.25) is 0 Å². The molecule has 2 aliphatic carbocycles. The van der Waals surface area contributed by atoms with Crippen molar-refractivity contribution in [3.63, 3.8) is 0 Å². The van der Waals surface area contributed by atoms with Gasteiger partial charge in [-0.2, -0.15) is 0 Å². The zero-order valence-corrected chi connectivity index (χ0v) is 17.8. The van der Waals surface area contributed by atoms with Gasteiger partial charge >= 0.3 is 5.97 Å². The number of esters is 1. The molecule has 0 atom stereocenters. The quantitative estimate of drug-likeness (QED) is 0.705. The van der Waals surface area contributed by atoms with Gasteiger partial charge in [-0.05, 0) is 65.7 Å². The monoisotopic (exact) mass is 378 g/mol. The summed E-state index contributed by atoms with van der Waals surface area (Å²) >= 11 is 0. The van der Waals surface area contributed by atoms with Crippen LogP contribution in [-0.4, -0.2) is 23.0 Å². The summed E-state index contributed by atoms with van der Waals surface area (Å²) in [6.07, 6.45) is 7.70. The van der Waals surface area contributed by atoms with E-state index in [0.29, 0.717) is 5.56 Å². The number of aromatic nitrogens is 2. The third-order valence-electron chi connectivity index (χ3n) is 6.96. The lowest BCUT2D eigenvalue weighted by Gasteiger charge is -2.42. The topological polar surface area (TPSA) is 52.1 Å². The van der Waals surface area contributed by atoms with E-state index in [9.17, 15) is 4.79 Å². The first kappa shape index (κ1) is 19.1. The fourth-order valence-electron chi connectivity index (χ4n) is 4.77. The van der Waals surface area contributed by atoms with Gasteiger partial charge in [0.15, 0.2) is 0 Å². The first-order valence-electron chi connectivity index (χ1n) is 10.2. The highest BCUT2D eigenvalue weighted by molar-refractivity contribution is 5.88. The van der Waals surface area contributed by atoms with Crippen LogP contribution in [-0.2, 0) is 21.0 Å². The van der Waals surface area contributed by atoms with Crippen molar-refractivity contribution in [3.8, 4) is 0 Å². The zero-order valence-electron chi connectivity index (χ0n) is 17.8. The largest absolute Gasteiger partial charge is 0.465 e. The Labute approximate surface area is 167 Å². The van der Waals surface area contributed by atoms with Crippen LogP contribution in [0, 0.1) is 6.92 Å². The minimum Gasteiger partial charge on any atom is -0.465 e. The van der Waals surface area contributed by atoms with Gasteiger partial charge in [-0.25, -0.2) is 14.8 Å². The summed E-state index contributed by atoms with van der Waals surface area (Å²) in [6, 6.07) is 4.85. The molecule has 0 unspecified atom stereocenters. The standard InChI is InChI=1S/C24H30N2O2/c1-15-11-18-19(23(4,5)8-7-22(18,2)3)12-17(15)24(9-10-24)21-25-13-16(14-26-21)20(27)28-6/h11-14H,7-10H2,1-6H3. The number of fused-ring (bicyclic) bond motifs is 1. The number of methoxy groups -OCH3 is 1. The second kappa shape index (κ2) is 6.13. The first-order valence-corrected chi connectivity index (χ1v) is 10.2. The molecule has 0 N–H and O–H groups in total. The molecular formula is C24H30N2O2. The van der Waals surface area contributed by atoms with E-state index in [1.807, 2.05) is 0 Å². The summed E-state index contributed by atoms with van der Waals surface area (Å²) in [4.78, 5) is 20.8. The van der Waals surface area contributed by atoms with Gasteiger partial charge in [0.25, 0.3) is 0 Å². The maximum Gasteiger partial charge on any atom is 0.341 e. The normalized spacial score (nSPS) is 20.9. The number of hydrogen-bond donors (Lipinski definition) is 0. The van der Waals surface area contributed by atoms with Crippen LogP contribution in [0.25, 0.3) is 0 Å². The number of benzene rings is 1. The molecule has 4 heteroatoms. The number of carbonyl (C=O) groups is 1. The highest BCUT2D eigenvalue weighted by Gasteiger charge is 2.50. The third kappa shape index (κ3) is 2.85. The van der Waals surface area contributed by atoms with Crippen molar-refractivity contribution in [2.45, 2.75) is 76.5 Å². The van der Waals surface area contributed by atoms with E-state index in [1.165, 1.54) is 42.2 Å². The lowest BCUT2D eigenvalue weighted by atomic mass is 9.62. The smallest absolute Gasteiger partial charge is 0.341 e. The highest BCUT2D eigenvalue weighted by atomic mass is 16.5. The Balaban J connectivity index is 1.80. The molecule has 148 valence electrons. The van der Waals surface area contributed by atoms with Crippen molar-refractivity contribution in [1.82, 2.24) is 9.97 Å². The Hall–Kier alpha value is -2.23. The predicted molar refractivity (Wildman–Crippen MR) is 110 cm³/mol. The molecule has 4 nitrogen and oxygen atoms in total. The minimum absolute atomic E-state index is 0.120. The minimum atomic E-state index is -0.398. The fraction of sp³-hybridized carbons (Fsp3) is 0.542. The Morgan fingerprint density at radius 2 is 1.43 bits per heavy atom. The van der Waals surface area contributed by atoms with E-state index >= 15 is 0 Å². The predicted octanol–water partition coefficient (Wildman–Crippen LogP) is 5.00. The summed E-state index contributed by atoms with van der Waals surface area (Å²) in [5.41, 5.74) is 6.30. The Bertz CT molecular complexity index is 938. The molecule has 1 fully saturated rings. The van der Waals surface area contributed by atoms with Crippen molar-refractivity contribution in [3.05, 3.63) is 58.2 Å². The number of hydrogen-bond acceptors (Lipinski definition) is 4. The SMILES string of the molecule is COC(=O)c1cnc(C2(c3cc4c(cc3C)C(C)(C)CCC4(C)C)CC2)nc1. The van der Waals surface area contributed by atoms with Crippen LogP contribution in [0.4, 0.5) is 0 Å². The maximum absolute atomic E-state index is 11.7. The van der Waals surface area contributed by atoms with Crippen LogP contribution in [0.1, 0.15) is 91.8 Å². The third-order valence-corrected chi connectivity index (χ3v) is 6.96. The second-order valence-electron chi connectivity index (χ2n) is 9.85. The molecule has 28 heavy (non-hydrogen) atoms. The van der Waals surface area contributed by atoms with Crippen molar-refractivity contribution >= 4 is 5.97 Å². The van der Waals surface area contributed by atoms with Gasteiger partial charge in [-0.1, -0.05) is 39.8 Å². The number of carbonyl (C=O) groups excluding carboxylic acids is 1. The molecule has 0 saturated heterocycles. The van der Waals surface area contributed by atoms with Crippen LogP contribution in [0.5, 0.6) is 0 Å². The van der Waals surface area contributed by atoms with E-state index in [-0.39, 0.29) is 16.2 Å². The maximum atomic E-state index is 11.7. The van der Waals surface area contributed by atoms with Gasteiger partial charge in [-0.3, -0.25) is 0 Å². The Morgan fingerprint density at radius 1 is 0.893 bits per heavy atom. The number of nitrogens with zero attached hydrogens (tertiary/aromatic N) is 2. The Morgan fingerprint density at radius 3 is 1.93 bits per heavy atom. The number of aryl methyl sites for hydroxylation is 1. The van der Waals surface area contributed by atoms with Crippen molar-refractivity contribution in [1.29, 1.82) is 0 Å². The van der Waals surface area contributed by atoms with E-state index in [4.69, 9.17) is 4.74 Å². The highest BCUT2D eigenvalue weighted by Crippen LogP contribution is 2.55. The van der Waals surface area contributed by atoms with Gasteiger partial charge in [-0.15, -0.1) is 0 Å². The van der Waals surface area contributed by atoms with E-state index < -0.39 is 5.97 Å². The van der Waals surface area contributed by atoms with Gasteiger partial charge in [0.05, 0.1) is 18.1 Å². The van der Waals surface area contributed by atoms with Crippen LogP contribution in [0.15, 0.2) is 24.5 Å².